The molecule has 2 bridgehead atoms. The monoisotopic (exact) mass is 564 g/mol. The molecule has 1 N–H and O–H groups in total. The van der Waals surface area contributed by atoms with Crippen molar-refractivity contribution in [3.05, 3.63) is 96.1 Å². The van der Waals surface area contributed by atoms with Crippen molar-refractivity contribution in [2.45, 2.75) is 31.2 Å². The number of likely N-dealkylation sites (tertiary alicyclic amines) is 1. The van der Waals surface area contributed by atoms with Crippen molar-refractivity contribution in [2.24, 2.45) is 0 Å². The number of carbonyl (C=O) groups is 3. The smallest absolute Gasteiger partial charge is 0.254 e. The van der Waals surface area contributed by atoms with Gasteiger partial charge in [-0.3, -0.25) is 29.3 Å². The van der Waals surface area contributed by atoms with Gasteiger partial charge in [0.1, 0.15) is 5.75 Å². The third-order valence-corrected chi connectivity index (χ3v) is 7.81. The highest BCUT2D eigenvalue weighted by atomic mass is 16.5. The van der Waals surface area contributed by atoms with E-state index in [1.54, 1.807) is 58.9 Å². The van der Waals surface area contributed by atoms with E-state index in [2.05, 4.69) is 20.3 Å². The number of ether oxygens (including phenoxy) is 1. The summed E-state index contributed by atoms with van der Waals surface area (Å²) in [4.78, 5) is 56.4. The molecule has 0 aliphatic carbocycles. The van der Waals surface area contributed by atoms with Gasteiger partial charge in [-0.15, -0.1) is 0 Å². The molecule has 3 amide bonds. The minimum atomic E-state index is -0.338. The Kier molecular flexibility index (Phi) is 8.02. The van der Waals surface area contributed by atoms with Crippen LogP contribution in [0.1, 0.15) is 40.2 Å². The van der Waals surface area contributed by atoms with Crippen molar-refractivity contribution < 1.29 is 19.1 Å². The molecule has 2 aromatic carbocycles. The Hall–Kier alpha value is -4.86. The fraction of sp³-hybridized carbons (Fsp3) is 0.312. The van der Waals surface area contributed by atoms with E-state index < -0.39 is 0 Å². The Labute approximate surface area is 243 Å². The topological polar surface area (TPSA) is 118 Å². The SMILES string of the molecule is O=C1CN(C(=O)Cc2cccnc2)CCCCOc2cccc(c2)[C@H]2CN(C(=O)c3ccc4nccnc4c3)C[C@@H]2N1. The average Bonchev–Trinajstić information content (AvgIpc) is 3.43. The van der Waals surface area contributed by atoms with Crippen LogP contribution in [0, 0.1) is 0 Å². The standard InChI is InChI=1S/C32H32N6O4/c39-30-21-37(31(40)15-22-5-4-10-33-18-22)13-1-2-14-42-25-7-3-6-23(16-25)26-19-38(20-29(26)36-30)32(41)24-8-9-27-28(17-24)35-12-11-34-27/h3-12,16-18,26,29H,1-2,13-15,19-21H2,(H,36,39)/t26-,29+/m1/s1. The fourth-order valence-corrected chi connectivity index (χ4v) is 5.67. The summed E-state index contributed by atoms with van der Waals surface area (Å²) in [5.74, 6) is 0.0870. The molecule has 1 fully saturated rings. The second-order valence-electron chi connectivity index (χ2n) is 10.7. The van der Waals surface area contributed by atoms with Gasteiger partial charge < -0.3 is 19.9 Å². The Morgan fingerprint density at radius 1 is 0.929 bits per heavy atom. The second kappa shape index (κ2) is 12.3. The molecule has 0 spiro atoms. The zero-order valence-electron chi connectivity index (χ0n) is 23.2. The molecular formula is C32H32N6O4. The van der Waals surface area contributed by atoms with Crippen molar-refractivity contribution in [1.29, 1.82) is 0 Å². The van der Waals surface area contributed by atoms with Gasteiger partial charge in [0.25, 0.3) is 5.91 Å². The molecule has 4 aromatic rings. The van der Waals surface area contributed by atoms with Crippen molar-refractivity contribution in [3.63, 3.8) is 0 Å². The van der Waals surface area contributed by atoms with Crippen LogP contribution in [0.15, 0.2) is 79.4 Å². The minimum Gasteiger partial charge on any atom is -0.494 e. The molecule has 0 saturated carbocycles. The normalized spacial score (nSPS) is 19.4. The van der Waals surface area contributed by atoms with Gasteiger partial charge in [-0.2, -0.15) is 0 Å². The Morgan fingerprint density at radius 3 is 2.67 bits per heavy atom. The first-order valence-corrected chi connectivity index (χ1v) is 14.2. The quantitative estimate of drug-likeness (QED) is 0.407. The molecule has 1 saturated heterocycles. The number of hydrogen-bond donors (Lipinski definition) is 1. The number of amides is 3. The third kappa shape index (κ3) is 6.22. The van der Waals surface area contributed by atoms with Crippen LogP contribution < -0.4 is 10.1 Å². The molecule has 42 heavy (non-hydrogen) atoms. The lowest BCUT2D eigenvalue weighted by Crippen LogP contribution is -2.47. The number of benzene rings is 2. The molecule has 6 rings (SSSR count). The van der Waals surface area contributed by atoms with Crippen LogP contribution in [-0.4, -0.2) is 81.3 Å². The van der Waals surface area contributed by atoms with E-state index in [0.29, 0.717) is 43.7 Å². The second-order valence-corrected chi connectivity index (χ2v) is 10.7. The van der Waals surface area contributed by atoms with E-state index in [4.69, 9.17) is 4.74 Å². The van der Waals surface area contributed by atoms with Gasteiger partial charge >= 0.3 is 0 Å². The van der Waals surface area contributed by atoms with Crippen LogP contribution in [-0.2, 0) is 16.0 Å². The van der Waals surface area contributed by atoms with Crippen LogP contribution in [0.5, 0.6) is 5.75 Å². The van der Waals surface area contributed by atoms with Crippen molar-refractivity contribution in [1.82, 2.24) is 30.1 Å². The van der Waals surface area contributed by atoms with E-state index in [1.807, 2.05) is 30.3 Å². The number of fused-ring (bicyclic) bond motifs is 5. The van der Waals surface area contributed by atoms with Crippen molar-refractivity contribution >= 4 is 28.8 Å². The van der Waals surface area contributed by atoms with E-state index >= 15 is 0 Å². The molecule has 2 aliphatic rings. The first-order chi connectivity index (χ1) is 20.5. The summed E-state index contributed by atoms with van der Waals surface area (Å²) in [6.45, 7) is 1.65. The summed E-state index contributed by atoms with van der Waals surface area (Å²) in [5.41, 5.74) is 3.67. The number of aromatic nitrogens is 3. The number of pyridine rings is 1. The molecule has 0 radical (unpaired) electrons. The predicted molar refractivity (Wildman–Crippen MR) is 156 cm³/mol. The third-order valence-electron chi connectivity index (χ3n) is 7.81. The van der Waals surface area contributed by atoms with Gasteiger partial charge in [0, 0.05) is 55.9 Å². The van der Waals surface area contributed by atoms with Crippen LogP contribution >= 0.6 is 0 Å². The maximum atomic E-state index is 13.6. The van der Waals surface area contributed by atoms with E-state index in [0.717, 1.165) is 28.8 Å². The molecule has 0 unspecified atom stereocenters. The minimum absolute atomic E-state index is 0.0551. The lowest BCUT2D eigenvalue weighted by molar-refractivity contribution is -0.135. The van der Waals surface area contributed by atoms with E-state index in [1.165, 1.54) is 0 Å². The Bertz CT molecular complexity index is 1600. The first kappa shape index (κ1) is 27.3. The van der Waals surface area contributed by atoms with Gasteiger partial charge in [0.15, 0.2) is 0 Å². The highest BCUT2D eigenvalue weighted by molar-refractivity contribution is 5.97. The highest BCUT2D eigenvalue weighted by Crippen LogP contribution is 2.31. The maximum Gasteiger partial charge on any atom is 0.254 e. The fourth-order valence-electron chi connectivity index (χ4n) is 5.67. The summed E-state index contributed by atoms with van der Waals surface area (Å²) in [5, 5.41) is 3.15. The molecule has 10 heteroatoms. The number of hydrogen-bond acceptors (Lipinski definition) is 7. The maximum absolute atomic E-state index is 13.6. The molecule has 2 atom stereocenters. The van der Waals surface area contributed by atoms with Gasteiger partial charge in [-0.25, -0.2) is 0 Å². The van der Waals surface area contributed by atoms with Gasteiger partial charge in [0.2, 0.25) is 11.8 Å². The molecule has 10 nitrogen and oxygen atoms in total. The van der Waals surface area contributed by atoms with Gasteiger partial charge in [-0.05, 0) is 60.4 Å². The Balaban J connectivity index is 1.24. The number of rotatable bonds is 3. The van der Waals surface area contributed by atoms with Crippen LogP contribution in [0.2, 0.25) is 0 Å². The lowest BCUT2D eigenvalue weighted by atomic mass is 9.94. The molecular weight excluding hydrogens is 532 g/mol. The molecule has 4 heterocycles. The zero-order chi connectivity index (χ0) is 28.9. The van der Waals surface area contributed by atoms with Crippen LogP contribution in [0.3, 0.4) is 0 Å². The Morgan fingerprint density at radius 2 is 1.81 bits per heavy atom. The first-order valence-electron chi connectivity index (χ1n) is 14.2. The number of nitrogens with zero attached hydrogens (tertiary/aromatic N) is 5. The number of carbonyl (C=O) groups excluding carboxylic acids is 3. The van der Waals surface area contributed by atoms with E-state index in [9.17, 15) is 14.4 Å². The largest absolute Gasteiger partial charge is 0.494 e. The van der Waals surface area contributed by atoms with E-state index in [-0.39, 0.29) is 42.6 Å². The van der Waals surface area contributed by atoms with Crippen LogP contribution in [0.25, 0.3) is 11.0 Å². The predicted octanol–water partition coefficient (Wildman–Crippen LogP) is 2.99. The molecule has 214 valence electrons. The molecule has 2 aliphatic heterocycles. The average molecular weight is 565 g/mol. The van der Waals surface area contributed by atoms with Crippen LogP contribution in [0.4, 0.5) is 0 Å². The zero-order valence-corrected chi connectivity index (χ0v) is 23.2. The van der Waals surface area contributed by atoms with Gasteiger partial charge in [-0.1, -0.05) is 18.2 Å². The molecule has 2 aromatic heterocycles. The van der Waals surface area contributed by atoms with Gasteiger partial charge in [0.05, 0.1) is 36.6 Å². The lowest BCUT2D eigenvalue weighted by Gasteiger charge is -2.26. The number of nitrogens with one attached hydrogen (secondary N) is 1. The summed E-state index contributed by atoms with van der Waals surface area (Å²) >= 11 is 0. The summed E-state index contributed by atoms with van der Waals surface area (Å²) in [7, 11) is 0. The van der Waals surface area contributed by atoms with Crippen molar-refractivity contribution in [3.8, 4) is 5.75 Å². The highest BCUT2D eigenvalue weighted by Gasteiger charge is 2.38. The van der Waals surface area contributed by atoms with Crippen molar-refractivity contribution in [2.75, 3.05) is 32.8 Å². The summed E-state index contributed by atoms with van der Waals surface area (Å²) < 4.78 is 6.04. The summed E-state index contributed by atoms with van der Waals surface area (Å²) in [6, 6.07) is 16.5. The summed E-state index contributed by atoms with van der Waals surface area (Å²) in [6.07, 6.45) is 8.18.